The summed E-state index contributed by atoms with van der Waals surface area (Å²) in [5.74, 6) is 0.219. The van der Waals surface area contributed by atoms with Crippen LogP contribution < -0.4 is 0 Å². The highest BCUT2D eigenvalue weighted by molar-refractivity contribution is 7.08. The summed E-state index contributed by atoms with van der Waals surface area (Å²) in [5, 5.41) is 18.6. The summed E-state index contributed by atoms with van der Waals surface area (Å²) < 4.78 is 11.8. The van der Waals surface area contributed by atoms with Gasteiger partial charge in [-0.05, 0) is 46.1 Å². The molecule has 0 unspecified atom stereocenters. The van der Waals surface area contributed by atoms with Crippen molar-refractivity contribution >= 4 is 17.3 Å². The van der Waals surface area contributed by atoms with E-state index in [0.29, 0.717) is 11.4 Å². The van der Waals surface area contributed by atoms with E-state index in [1.807, 2.05) is 16.8 Å². The Morgan fingerprint density at radius 3 is 2.84 bits per heavy atom. The van der Waals surface area contributed by atoms with Gasteiger partial charge in [0.25, 0.3) is 5.89 Å². The Kier molecular flexibility index (Phi) is 4.01. The number of hydrogen-bond acceptors (Lipinski definition) is 9. The molecule has 0 radical (unpaired) electrons. The highest BCUT2D eigenvalue weighted by Gasteiger charge is 2.13. The Labute approximate surface area is 144 Å². The van der Waals surface area contributed by atoms with Crippen LogP contribution in [0.15, 0.2) is 51.9 Å². The summed E-state index contributed by atoms with van der Waals surface area (Å²) in [5.41, 5.74) is 2.00. The maximum absolute atomic E-state index is 12.1. The van der Waals surface area contributed by atoms with Crippen molar-refractivity contribution in [3.63, 3.8) is 0 Å². The van der Waals surface area contributed by atoms with E-state index in [9.17, 15) is 4.79 Å². The van der Waals surface area contributed by atoms with Gasteiger partial charge in [0.05, 0.1) is 11.3 Å². The van der Waals surface area contributed by atoms with Crippen LogP contribution in [-0.2, 0) is 11.3 Å². The van der Waals surface area contributed by atoms with Crippen molar-refractivity contribution in [2.24, 2.45) is 0 Å². The van der Waals surface area contributed by atoms with Crippen molar-refractivity contribution in [1.29, 1.82) is 0 Å². The van der Waals surface area contributed by atoms with Crippen molar-refractivity contribution < 1.29 is 14.1 Å². The van der Waals surface area contributed by atoms with Crippen molar-refractivity contribution in [3.8, 4) is 17.1 Å². The molecule has 0 aliphatic rings. The predicted octanol–water partition coefficient (Wildman–Crippen LogP) is 2.13. The maximum atomic E-state index is 12.1. The number of carbonyl (C=O) groups is 1. The Morgan fingerprint density at radius 1 is 1.24 bits per heavy atom. The van der Waals surface area contributed by atoms with Gasteiger partial charge in [-0.3, -0.25) is 0 Å². The molecule has 10 heteroatoms. The molecule has 0 aliphatic carbocycles. The molecule has 25 heavy (non-hydrogen) atoms. The molecule has 0 atom stereocenters. The number of hydrogen-bond donors (Lipinski definition) is 0. The molecule has 4 aromatic rings. The largest absolute Gasteiger partial charge is 0.452 e. The number of tetrazole rings is 1. The minimum Gasteiger partial charge on any atom is -0.452 e. The molecule has 0 saturated heterocycles. The zero-order valence-electron chi connectivity index (χ0n) is 12.6. The average molecular weight is 354 g/mol. The molecular weight excluding hydrogens is 344 g/mol. The molecule has 0 N–H and O–H groups in total. The molecule has 3 aromatic heterocycles. The van der Waals surface area contributed by atoms with Crippen molar-refractivity contribution in [2.45, 2.75) is 6.61 Å². The van der Waals surface area contributed by atoms with Crippen molar-refractivity contribution in [2.75, 3.05) is 0 Å². The summed E-state index contributed by atoms with van der Waals surface area (Å²) in [6.45, 7) is -0.0925. The van der Waals surface area contributed by atoms with Crippen LogP contribution in [0.3, 0.4) is 0 Å². The molecule has 0 fully saturated rings. The number of ether oxygens (including phenoxy) is 1. The number of benzene rings is 1. The normalized spacial score (nSPS) is 10.7. The fourth-order valence-electron chi connectivity index (χ4n) is 2.06. The van der Waals surface area contributed by atoms with E-state index < -0.39 is 5.97 Å². The summed E-state index contributed by atoms with van der Waals surface area (Å²) in [6, 6.07) is 8.58. The van der Waals surface area contributed by atoms with Crippen LogP contribution in [0.2, 0.25) is 0 Å². The summed E-state index contributed by atoms with van der Waals surface area (Å²) in [6.07, 6.45) is 1.47. The van der Waals surface area contributed by atoms with Gasteiger partial charge in [0.15, 0.2) is 6.61 Å². The number of aromatic nitrogens is 6. The Hall–Kier alpha value is -3.40. The lowest BCUT2D eigenvalue weighted by Gasteiger charge is -2.03. The molecule has 0 amide bonds. The van der Waals surface area contributed by atoms with E-state index in [4.69, 9.17) is 9.26 Å². The van der Waals surface area contributed by atoms with Gasteiger partial charge < -0.3 is 9.26 Å². The van der Waals surface area contributed by atoms with Gasteiger partial charge in [0.1, 0.15) is 6.33 Å². The quantitative estimate of drug-likeness (QED) is 0.501. The molecular formula is C15H10N6O3S. The van der Waals surface area contributed by atoms with E-state index in [0.717, 1.165) is 11.3 Å². The summed E-state index contributed by atoms with van der Waals surface area (Å²) in [4.78, 5) is 16.3. The fourth-order valence-corrected chi connectivity index (χ4v) is 2.70. The number of esters is 1. The van der Waals surface area contributed by atoms with E-state index in [-0.39, 0.29) is 12.5 Å². The van der Waals surface area contributed by atoms with Crippen LogP contribution in [0, 0.1) is 0 Å². The lowest BCUT2D eigenvalue weighted by atomic mass is 10.2. The minimum absolute atomic E-state index is 0.0925. The average Bonchev–Trinajstić information content (AvgIpc) is 3.42. The van der Waals surface area contributed by atoms with Gasteiger partial charge in [-0.2, -0.15) is 16.3 Å². The first-order valence-corrected chi connectivity index (χ1v) is 8.09. The van der Waals surface area contributed by atoms with E-state index in [1.165, 1.54) is 22.3 Å². The lowest BCUT2D eigenvalue weighted by molar-refractivity contribution is 0.0430. The Balaban J connectivity index is 1.39. The van der Waals surface area contributed by atoms with Gasteiger partial charge in [-0.1, -0.05) is 5.16 Å². The first kappa shape index (κ1) is 15.1. The first-order valence-electron chi connectivity index (χ1n) is 7.15. The minimum atomic E-state index is -0.487. The third-order valence-electron chi connectivity index (χ3n) is 3.29. The molecule has 124 valence electrons. The standard InChI is InChI=1S/C15H10N6O3S/c22-15(10-1-3-12(4-2-10)21-9-16-19-20-21)23-7-13-17-14(18-24-13)11-5-6-25-8-11/h1-6,8-9H,7H2. The zero-order valence-corrected chi connectivity index (χ0v) is 13.5. The monoisotopic (exact) mass is 354 g/mol. The zero-order chi connectivity index (χ0) is 17.1. The maximum Gasteiger partial charge on any atom is 0.338 e. The SMILES string of the molecule is O=C(OCc1nc(-c2ccsc2)no1)c1ccc(-n2cnnn2)cc1. The number of carbonyl (C=O) groups excluding carboxylic acids is 1. The Morgan fingerprint density at radius 2 is 2.12 bits per heavy atom. The number of nitrogens with zero attached hydrogens (tertiary/aromatic N) is 6. The van der Waals surface area contributed by atoms with Crippen molar-refractivity contribution in [3.05, 3.63) is 58.9 Å². The van der Waals surface area contributed by atoms with E-state index in [2.05, 4.69) is 25.7 Å². The van der Waals surface area contributed by atoms with Crippen LogP contribution in [0.4, 0.5) is 0 Å². The van der Waals surface area contributed by atoms with Crippen LogP contribution in [0.1, 0.15) is 16.2 Å². The fraction of sp³-hybridized carbons (Fsp3) is 0.0667. The van der Waals surface area contributed by atoms with Gasteiger partial charge in [0.2, 0.25) is 5.82 Å². The molecule has 3 heterocycles. The number of rotatable bonds is 5. The smallest absolute Gasteiger partial charge is 0.338 e. The molecule has 9 nitrogen and oxygen atoms in total. The predicted molar refractivity (Wildman–Crippen MR) is 85.9 cm³/mol. The van der Waals surface area contributed by atoms with Gasteiger partial charge >= 0.3 is 5.97 Å². The second-order valence-electron chi connectivity index (χ2n) is 4.90. The van der Waals surface area contributed by atoms with E-state index >= 15 is 0 Å². The lowest BCUT2D eigenvalue weighted by Crippen LogP contribution is -2.06. The molecule has 4 rings (SSSR count). The summed E-state index contributed by atoms with van der Waals surface area (Å²) >= 11 is 1.54. The third-order valence-corrected chi connectivity index (χ3v) is 3.97. The highest BCUT2D eigenvalue weighted by atomic mass is 32.1. The van der Waals surface area contributed by atoms with Crippen LogP contribution in [0.5, 0.6) is 0 Å². The van der Waals surface area contributed by atoms with Gasteiger partial charge in [-0.25, -0.2) is 9.48 Å². The summed E-state index contributed by atoms with van der Waals surface area (Å²) in [7, 11) is 0. The van der Waals surface area contributed by atoms with E-state index in [1.54, 1.807) is 24.3 Å². The first-order chi connectivity index (χ1) is 12.3. The molecule has 0 spiro atoms. The van der Waals surface area contributed by atoms with Gasteiger partial charge in [-0.15, -0.1) is 5.10 Å². The molecule has 0 aliphatic heterocycles. The van der Waals surface area contributed by atoms with Crippen LogP contribution in [-0.4, -0.2) is 36.3 Å². The molecule has 0 bridgehead atoms. The second kappa shape index (κ2) is 6.61. The highest BCUT2D eigenvalue weighted by Crippen LogP contribution is 2.19. The third kappa shape index (κ3) is 3.28. The molecule has 0 saturated carbocycles. The molecule has 1 aromatic carbocycles. The second-order valence-corrected chi connectivity index (χ2v) is 5.68. The van der Waals surface area contributed by atoms with Crippen LogP contribution >= 0.6 is 11.3 Å². The van der Waals surface area contributed by atoms with Crippen molar-refractivity contribution in [1.82, 2.24) is 30.3 Å². The van der Waals surface area contributed by atoms with Crippen LogP contribution in [0.25, 0.3) is 17.1 Å². The Bertz CT molecular complexity index is 963. The topological polar surface area (TPSA) is 109 Å². The number of thiophene rings is 1. The van der Waals surface area contributed by atoms with Gasteiger partial charge in [0, 0.05) is 10.9 Å².